The van der Waals surface area contributed by atoms with E-state index in [-0.39, 0.29) is 12.6 Å². The molecule has 0 bridgehead atoms. The normalized spacial score (nSPS) is 13.2. The highest BCUT2D eigenvalue weighted by molar-refractivity contribution is 5.10. The molecule has 0 spiro atoms. The summed E-state index contributed by atoms with van der Waals surface area (Å²) in [6, 6.07) is 3.63. The zero-order valence-corrected chi connectivity index (χ0v) is 7.29. The van der Waals surface area contributed by atoms with Gasteiger partial charge in [-0.05, 0) is 18.6 Å². The van der Waals surface area contributed by atoms with E-state index in [1.54, 1.807) is 0 Å². The maximum Gasteiger partial charge on any atom is 0.120 e. The van der Waals surface area contributed by atoms with E-state index in [1.807, 2.05) is 19.1 Å². The second-order valence-corrected chi connectivity index (χ2v) is 2.78. The van der Waals surface area contributed by atoms with Crippen molar-refractivity contribution in [2.45, 2.75) is 25.8 Å². The summed E-state index contributed by atoms with van der Waals surface area (Å²) in [6.07, 6.45) is 1.43. The van der Waals surface area contributed by atoms with E-state index in [4.69, 9.17) is 15.3 Å². The van der Waals surface area contributed by atoms with Crippen LogP contribution >= 0.6 is 0 Å². The van der Waals surface area contributed by atoms with Gasteiger partial charge in [0.1, 0.15) is 11.5 Å². The van der Waals surface area contributed by atoms with Gasteiger partial charge in [-0.15, -0.1) is 0 Å². The fourth-order valence-corrected chi connectivity index (χ4v) is 1.07. The lowest BCUT2D eigenvalue weighted by atomic mass is 10.2. The van der Waals surface area contributed by atoms with Crippen molar-refractivity contribution in [3.8, 4) is 0 Å². The zero-order valence-electron chi connectivity index (χ0n) is 7.29. The highest BCUT2D eigenvalue weighted by Gasteiger charge is 2.09. The third kappa shape index (κ3) is 2.09. The highest BCUT2D eigenvalue weighted by Crippen LogP contribution is 2.17. The molecule has 0 saturated heterocycles. The first-order chi connectivity index (χ1) is 5.77. The minimum atomic E-state index is -0.171. The Hall–Kier alpha value is -0.800. The summed E-state index contributed by atoms with van der Waals surface area (Å²) in [4.78, 5) is 0. The number of hydrogen-bond acceptors (Lipinski definition) is 3. The smallest absolute Gasteiger partial charge is 0.120 e. The molecule has 3 N–H and O–H groups in total. The summed E-state index contributed by atoms with van der Waals surface area (Å²) in [5, 5.41) is 8.64. The third-order valence-corrected chi connectivity index (χ3v) is 1.84. The van der Waals surface area contributed by atoms with Gasteiger partial charge in [0.15, 0.2) is 0 Å². The van der Waals surface area contributed by atoms with Crippen LogP contribution in [0.3, 0.4) is 0 Å². The number of hydrogen-bond donors (Lipinski definition) is 2. The van der Waals surface area contributed by atoms with E-state index >= 15 is 0 Å². The minimum absolute atomic E-state index is 0.101. The first-order valence-electron chi connectivity index (χ1n) is 4.23. The zero-order chi connectivity index (χ0) is 8.97. The molecule has 1 aromatic rings. The van der Waals surface area contributed by atoms with Crippen molar-refractivity contribution in [1.29, 1.82) is 0 Å². The minimum Gasteiger partial charge on any atom is -0.464 e. The Morgan fingerprint density at radius 1 is 1.58 bits per heavy atom. The van der Waals surface area contributed by atoms with E-state index in [1.165, 1.54) is 0 Å². The topological polar surface area (TPSA) is 59.4 Å². The van der Waals surface area contributed by atoms with Crippen molar-refractivity contribution in [2.75, 3.05) is 6.61 Å². The van der Waals surface area contributed by atoms with Gasteiger partial charge < -0.3 is 15.3 Å². The maximum atomic E-state index is 8.64. The maximum absolute atomic E-state index is 8.64. The highest BCUT2D eigenvalue weighted by atomic mass is 16.3. The van der Waals surface area contributed by atoms with Crippen LogP contribution in [0, 0.1) is 0 Å². The fourth-order valence-electron chi connectivity index (χ4n) is 1.07. The van der Waals surface area contributed by atoms with E-state index in [0.717, 1.165) is 17.9 Å². The Bertz CT molecular complexity index is 232. The van der Waals surface area contributed by atoms with Gasteiger partial charge in [-0.3, -0.25) is 0 Å². The first kappa shape index (κ1) is 9.29. The lowest BCUT2D eigenvalue weighted by Gasteiger charge is -2.04. The van der Waals surface area contributed by atoms with Gasteiger partial charge in [0.2, 0.25) is 0 Å². The van der Waals surface area contributed by atoms with E-state index in [2.05, 4.69) is 0 Å². The molecular formula is C9H15NO2. The van der Waals surface area contributed by atoms with Crippen molar-refractivity contribution in [1.82, 2.24) is 0 Å². The average Bonchev–Trinajstić information content (AvgIpc) is 2.52. The number of aliphatic hydroxyl groups is 1. The Labute approximate surface area is 72.2 Å². The first-order valence-corrected chi connectivity index (χ1v) is 4.23. The lowest BCUT2D eigenvalue weighted by Crippen LogP contribution is -2.10. The Morgan fingerprint density at radius 3 is 2.83 bits per heavy atom. The molecule has 1 rings (SSSR count). The fraction of sp³-hybridized carbons (Fsp3) is 0.556. The predicted molar refractivity (Wildman–Crippen MR) is 46.7 cm³/mol. The standard InChI is InChI=1S/C9H15NO2/c1-2-7-3-4-9(12-7)8(10)5-6-11/h3-4,8,11H,2,5-6,10H2,1H3. The number of aliphatic hydroxyl groups excluding tert-OH is 1. The number of aryl methyl sites for hydroxylation is 1. The molecule has 0 aliphatic heterocycles. The van der Waals surface area contributed by atoms with Gasteiger partial charge in [0.05, 0.1) is 6.04 Å². The Morgan fingerprint density at radius 2 is 2.33 bits per heavy atom. The predicted octanol–water partition coefficient (Wildman–Crippen LogP) is 1.22. The third-order valence-electron chi connectivity index (χ3n) is 1.84. The van der Waals surface area contributed by atoms with Gasteiger partial charge in [-0.2, -0.15) is 0 Å². The number of furan rings is 1. The molecule has 0 aromatic carbocycles. The number of rotatable bonds is 4. The molecule has 1 atom stereocenters. The van der Waals surface area contributed by atoms with E-state index in [0.29, 0.717) is 6.42 Å². The van der Waals surface area contributed by atoms with Gasteiger partial charge in [0.25, 0.3) is 0 Å². The van der Waals surface area contributed by atoms with Crippen molar-refractivity contribution < 1.29 is 9.52 Å². The monoisotopic (exact) mass is 169 g/mol. The quantitative estimate of drug-likeness (QED) is 0.712. The molecule has 0 radical (unpaired) electrons. The average molecular weight is 169 g/mol. The molecule has 1 heterocycles. The number of nitrogens with two attached hydrogens (primary N) is 1. The van der Waals surface area contributed by atoms with Crippen molar-refractivity contribution in [3.63, 3.8) is 0 Å². The SMILES string of the molecule is CCc1ccc(C(N)CCO)o1. The van der Waals surface area contributed by atoms with E-state index in [9.17, 15) is 0 Å². The van der Waals surface area contributed by atoms with Crippen molar-refractivity contribution in [2.24, 2.45) is 5.73 Å². The van der Waals surface area contributed by atoms with Crippen LogP contribution in [0.5, 0.6) is 0 Å². The van der Waals surface area contributed by atoms with Crippen LogP contribution in [-0.4, -0.2) is 11.7 Å². The second-order valence-electron chi connectivity index (χ2n) is 2.78. The molecule has 1 unspecified atom stereocenters. The van der Waals surface area contributed by atoms with Gasteiger partial charge in [-0.25, -0.2) is 0 Å². The summed E-state index contributed by atoms with van der Waals surface area (Å²) < 4.78 is 5.41. The summed E-state index contributed by atoms with van der Waals surface area (Å²) in [5.41, 5.74) is 5.72. The van der Waals surface area contributed by atoms with Crippen molar-refractivity contribution >= 4 is 0 Å². The molecule has 0 aliphatic rings. The van der Waals surface area contributed by atoms with Gasteiger partial charge in [-0.1, -0.05) is 6.92 Å². The van der Waals surface area contributed by atoms with Crippen LogP contribution < -0.4 is 5.73 Å². The van der Waals surface area contributed by atoms with Crippen molar-refractivity contribution in [3.05, 3.63) is 23.7 Å². The summed E-state index contributed by atoms with van der Waals surface area (Å²) >= 11 is 0. The van der Waals surface area contributed by atoms with Gasteiger partial charge in [0, 0.05) is 13.0 Å². The van der Waals surface area contributed by atoms with E-state index < -0.39 is 0 Å². The molecule has 68 valence electrons. The Balaban J connectivity index is 2.61. The summed E-state index contributed by atoms with van der Waals surface area (Å²) in [7, 11) is 0. The Kier molecular flexibility index (Phi) is 3.31. The van der Waals surface area contributed by atoms with Crippen LogP contribution in [0.1, 0.15) is 30.9 Å². The molecule has 0 fully saturated rings. The molecule has 1 aromatic heterocycles. The largest absolute Gasteiger partial charge is 0.464 e. The molecule has 12 heavy (non-hydrogen) atoms. The molecule has 0 saturated carbocycles. The van der Waals surface area contributed by atoms with Crippen LogP contribution in [0.15, 0.2) is 16.5 Å². The summed E-state index contributed by atoms with van der Waals surface area (Å²) in [5.74, 6) is 1.71. The van der Waals surface area contributed by atoms with Crippen LogP contribution in [0.2, 0.25) is 0 Å². The molecule has 3 nitrogen and oxygen atoms in total. The van der Waals surface area contributed by atoms with Crippen LogP contribution in [0.25, 0.3) is 0 Å². The molecule has 3 heteroatoms. The molecule has 0 aliphatic carbocycles. The lowest BCUT2D eigenvalue weighted by molar-refractivity contribution is 0.267. The molecule has 0 amide bonds. The van der Waals surface area contributed by atoms with Crippen LogP contribution in [-0.2, 0) is 6.42 Å². The molecular weight excluding hydrogens is 154 g/mol. The van der Waals surface area contributed by atoms with Crippen LogP contribution in [0.4, 0.5) is 0 Å². The second kappa shape index (κ2) is 4.28. The summed E-state index contributed by atoms with van der Waals surface area (Å²) in [6.45, 7) is 2.13. The van der Waals surface area contributed by atoms with Gasteiger partial charge >= 0.3 is 0 Å².